The zero-order valence-corrected chi connectivity index (χ0v) is 10.8. The molecule has 0 bridgehead atoms. The Labute approximate surface area is 104 Å². The highest BCUT2D eigenvalue weighted by atomic mass is 16.5. The van der Waals surface area contributed by atoms with Crippen molar-refractivity contribution in [3.05, 3.63) is 0 Å². The molecule has 0 aromatic rings. The molecule has 0 aromatic heterocycles. The summed E-state index contributed by atoms with van der Waals surface area (Å²) in [4.78, 5) is 4.81. The molecule has 2 unspecified atom stereocenters. The Morgan fingerprint density at radius 2 is 1.88 bits per heavy atom. The minimum absolute atomic E-state index is 0.232. The lowest BCUT2D eigenvalue weighted by atomic mass is 10.3. The number of hydrogen-bond donors (Lipinski definition) is 2. The van der Waals surface area contributed by atoms with Gasteiger partial charge < -0.3 is 15.2 Å². The third-order valence-corrected chi connectivity index (χ3v) is 3.54. The molecule has 2 atom stereocenters. The van der Waals surface area contributed by atoms with Gasteiger partial charge in [-0.3, -0.25) is 9.80 Å². The van der Waals surface area contributed by atoms with Crippen LogP contribution in [0.3, 0.4) is 0 Å². The van der Waals surface area contributed by atoms with E-state index in [0.717, 1.165) is 59.0 Å². The number of ether oxygens (including phenoxy) is 1. The molecule has 0 radical (unpaired) electrons. The van der Waals surface area contributed by atoms with Crippen LogP contribution in [0.15, 0.2) is 0 Å². The number of morpholine rings is 1. The Kier molecular flexibility index (Phi) is 5.18. The molecular weight excluding hydrogens is 218 g/mol. The van der Waals surface area contributed by atoms with E-state index in [1.807, 2.05) is 0 Å². The molecule has 0 spiro atoms. The summed E-state index contributed by atoms with van der Waals surface area (Å²) in [6.07, 6.45) is -0.232. The number of β-amino-alcohol motifs (C(OH)–C–C–N with tert-alkyl or cyclic N) is 1. The van der Waals surface area contributed by atoms with Crippen LogP contribution >= 0.6 is 0 Å². The Bertz CT molecular complexity index is 210. The van der Waals surface area contributed by atoms with Crippen LogP contribution in [0.1, 0.15) is 6.92 Å². The topological polar surface area (TPSA) is 48.0 Å². The normalized spacial score (nSPS) is 33.5. The third-order valence-electron chi connectivity index (χ3n) is 3.54. The third kappa shape index (κ3) is 4.52. The van der Waals surface area contributed by atoms with Crippen LogP contribution in [-0.4, -0.2) is 86.1 Å². The van der Waals surface area contributed by atoms with Gasteiger partial charge in [-0.05, 0) is 6.92 Å². The van der Waals surface area contributed by atoms with E-state index in [-0.39, 0.29) is 6.10 Å². The summed E-state index contributed by atoms with van der Waals surface area (Å²) in [7, 11) is 0. The van der Waals surface area contributed by atoms with Gasteiger partial charge in [0, 0.05) is 51.9 Å². The first-order chi connectivity index (χ1) is 8.24. The summed E-state index contributed by atoms with van der Waals surface area (Å²) in [6, 6.07) is 0.469. The van der Waals surface area contributed by atoms with Gasteiger partial charge in [-0.15, -0.1) is 0 Å². The van der Waals surface area contributed by atoms with Crippen molar-refractivity contribution in [3.8, 4) is 0 Å². The molecular formula is C12H25N3O2. The zero-order valence-electron chi connectivity index (χ0n) is 10.8. The predicted molar refractivity (Wildman–Crippen MR) is 67.2 cm³/mol. The number of nitrogens with one attached hydrogen (secondary N) is 1. The van der Waals surface area contributed by atoms with Crippen LogP contribution in [0.5, 0.6) is 0 Å². The molecule has 2 rings (SSSR count). The lowest BCUT2D eigenvalue weighted by Crippen LogP contribution is -2.44. The first kappa shape index (κ1) is 13.2. The minimum atomic E-state index is -0.232. The predicted octanol–water partition coefficient (Wildman–Crippen LogP) is -1.03. The van der Waals surface area contributed by atoms with E-state index in [4.69, 9.17) is 4.74 Å². The Morgan fingerprint density at radius 1 is 1.18 bits per heavy atom. The monoisotopic (exact) mass is 243 g/mol. The standard InChI is InChI=1S/C12H25N3O2/c1-11-9-15(10-12(16)8-13-11)3-2-14-4-6-17-7-5-14/h11-13,16H,2-10H2,1H3. The maximum Gasteiger partial charge on any atom is 0.0791 e. The summed E-state index contributed by atoms with van der Waals surface area (Å²) in [5.74, 6) is 0. The van der Waals surface area contributed by atoms with Gasteiger partial charge in [-0.2, -0.15) is 0 Å². The lowest BCUT2D eigenvalue weighted by Gasteiger charge is -2.30. The first-order valence-electron chi connectivity index (χ1n) is 6.68. The molecule has 100 valence electrons. The van der Waals surface area contributed by atoms with Crippen LogP contribution in [0.4, 0.5) is 0 Å². The highest BCUT2D eigenvalue weighted by Gasteiger charge is 2.20. The van der Waals surface area contributed by atoms with E-state index < -0.39 is 0 Å². The van der Waals surface area contributed by atoms with Gasteiger partial charge in [0.1, 0.15) is 0 Å². The fraction of sp³-hybridized carbons (Fsp3) is 1.00. The number of hydrogen-bond acceptors (Lipinski definition) is 5. The van der Waals surface area contributed by atoms with Gasteiger partial charge in [0.25, 0.3) is 0 Å². The Balaban J connectivity index is 1.72. The van der Waals surface area contributed by atoms with Crippen molar-refractivity contribution in [2.24, 2.45) is 0 Å². The average molecular weight is 243 g/mol. The van der Waals surface area contributed by atoms with Gasteiger partial charge in [0.2, 0.25) is 0 Å². The molecule has 17 heavy (non-hydrogen) atoms. The number of aliphatic hydroxyl groups excluding tert-OH is 1. The molecule has 2 N–H and O–H groups in total. The number of aliphatic hydroxyl groups is 1. The van der Waals surface area contributed by atoms with Crippen molar-refractivity contribution in [1.29, 1.82) is 0 Å². The molecule has 2 heterocycles. The molecule has 0 saturated carbocycles. The van der Waals surface area contributed by atoms with Crippen molar-refractivity contribution >= 4 is 0 Å². The van der Waals surface area contributed by atoms with Crippen LogP contribution in [0.25, 0.3) is 0 Å². The molecule has 2 aliphatic heterocycles. The van der Waals surface area contributed by atoms with Gasteiger partial charge in [-0.1, -0.05) is 0 Å². The van der Waals surface area contributed by atoms with Crippen LogP contribution in [-0.2, 0) is 4.74 Å². The van der Waals surface area contributed by atoms with E-state index in [1.165, 1.54) is 0 Å². The number of rotatable bonds is 3. The summed E-state index contributed by atoms with van der Waals surface area (Å²) >= 11 is 0. The Hall–Kier alpha value is -0.200. The molecule has 2 saturated heterocycles. The summed E-state index contributed by atoms with van der Waals surface area (Å²) in [6.45, 7) is 10.7. The fourth-order valence-corrected chi connectivity index (χ4v) is 2.52. The quantitative estimate of drug-likeness (QED) is 0.664. The van der Waals surface area contributed by atoms with Gasteiger partial charge in [0.15, 0.2) is 0 Å². The van der Waals surface area contributed by atoms with Crippen molar-refractivity contribution in [2.75, 3.05) is 59.0 Å². The van der Waals surface area contributed by atoms with Gasteiger partial charge in [-0.25, -0.2) is 0 Å². The second-order valence-electron chi connectivity index (χ2n) is 5.18. The maximum absolute atomic E-state index is 9.78. The molecule has 5 heteroatoms. The second kappa shape index (κ2) is 6.66. The van der Waals surface area contributed by atoms with E-state index in [0.29, 0.717) is 6.04 Å². The maximum atomic E-state index is 9.78. The molecule has 0 aliphatic carbocycles. The minimum Gasteiger partial charge on any atom is -0.390 e. The molecule has 0 amide bonds. The smallest absolute Gasteiger partial charge is 0.0791 e. The van der Waals surface area contributed by atoms with Gasteiger partial charge >= 0.3 is 0 Å². The molecule has 0 aromatic carbocycles. The Morgan fingerprint density at radius 3 is 2.65 bits per heavy atom. The highest BCUT2D eigenvalue weighted by Crippen LogP contribution is 2.03. The SMILES string of the molecule is CC1CN(CCN2CCOCC2)CC(O)CN1. The lowest BCUT2D eigenvalue weighted by molar-refractivity contribution is 0.0311. The van der Waals surface area contributed by atoms with Crippen LogP contribution in [0, 0.1) is 0 Å². The number of nitrogens with zero attached hydrogens (tertiary/aromatic N) is 2. The van der Waals surface area contributed by atoms with Crippen molar-refractivity contribution < 1.29 is 9.84 Å². The molecule has 5 nitrogen and oxygen atoms in total. The van der Waals surface area contributed by atoms with Gasteiger partial charge in [0.05, 0.1) is 19.3 Å². The summed E-state index contributed by atoms with van der Waals surface area (Å²) in [5.41, 5.74) is 0. The first-order valence-corrected chi connectivity index (χ1v) is 6.68. The van der Waals surface area contributed by atoms with Crippen molar-refractivity contribution in [2.45, 2.75) is 19.1 Å². The van der Waals surface area contributed by atoms with Crippen LogP contribution < -0.4 is 5.32 Å². The van der Waals surface area contributed by atoms with E-state index in [9.17, 15) is 5.11 Å². The fourth-order valence-electron chi connectivity index (χ4n) is 2.52. The molecule has 2 aliphatic rings. The molecule has 2 fully saturated rings. The average Bonchev–Trinajstić information content (AvgIpc) is 2.50. The summed E-state index contributed by atoms with van der Waals surface area (Å²) < 4.78 is 5.34. The largest absolute Gasteiger partial charge is 0.390 e. The van der Waals surface area contributed by atoms with Crippen molar-refractivity contribution in [3.63, 3.8) is 0 Å². The van der Waals surface area contributed by atoms with E-state index in [2.05, 4.69) is 22.0 Å². The zero-order chi connectivity index (χ0) is 12.1. The second-order valence-corrected chi connectivity index (χ2v) is 5.18. The highest BCUT2D eigenvalue weighted by molar-refractivity contribution is 4.78. The van der Waals surface area contributed by atoms with Crippen LogP contribution in [0.2, 0.25) is 0 Å². The summed E-state index contributed by atoms with van der Waals surface area (Å²) in [5, 5.41) is 13.1. The van der Waals surface area contributed by atoms with E-state index >= 15 is 0 Å². The van der Waals surface area contributed by atoms with E-state index in [1.54, 1.807) is 0 Å². The van der Waals surface area contributed by atoms with Crippen molar-refractivity contribution in [1.82, 2.24) is 15.1 Å².